The number of nitrogens with zero attached hydrogens (tertiary/aromatic N) is 5. The Morgan fingerprint density at radius 2 is 2.07 bits per heavy atom. The molecule has 0 aliphatic heterocycles. The SMILES string of the molecule is Cc1nn(C(C)S(=O)O)c(N)c1N=Nc1nc2cc(Cl)c(S(=O)(=O)O)cc2s1. The van der Waals surface area contributed by atoms with Crippen molar-refractivity contribution in [1.29, 1.82) is 0 Å². The van der Waals surface area contributed by atoms with Gasteiger partial charge < -0.3 is 10.3 Å². The van der Waals surface area contributed by atoms with Gasteiger partial charge in [0, 0.05) is 0 Å². The number of aromatic nitrogens is 3. The van der Waals surface area contributed by atoms with Crippen molar-refractivity contribution in [2.45, 2.75) is 24.1 Å². The number of nitrogen functional groups attached to an aromatic ring is 1. The van der Waals surface area contributed by atoms with Crippen molar-refractivity contribution in [3.8, 4) is 0 Å². The maximum Gasteiger partial charge on any atom is 0.296 e. The van der Waals surface area contributed by atoms with E-state index < -0.39 is 31.5 Å². The van der Waals surface area contributed by atoms with Crippen LogP contribution in [-0.4, -0.2) is 36.5 Å². The zero-order valence-electron chi connectivity index (χ0n) is 14.3. The van der Waals surface area contributed by atoms with E-state index in [0.717, 1.165) is 11.3 Å². The van der Waals surface area contributed by atoms with E-state index in [4.69, 9.17) is 17.3 Å². The topological polar surface area (TPSA) is 173 Å². The summed E-state index contributed by atoms with van der Waals surface area (Å²) in [6.45, 7) is 3.09. The number of hydrogen-bond donors (Lipinski definition) is 3. The number of halogens is 1. The minimum atomic E-state index is -4.47. The van der Waals surface area contributed by atoms with Gasteiger partial charge in [-0.2, -0.15) is 13.5 Å². The number of nitrogens with two attached hydrogens (primary N) is 1. The minimum absolute atomic E-state index is 0.0639. The monoisotopic (exact) mass is 464 g/mol. The first-order chi connectivity index (χ1) is 13.0. The van der Waals surface area contributed by atoms with Gasteiger partial charge in [0.2, 0.25) is 5.13 Å². The third kappa shape index (κ3) is 3.92. The third-order valence-corrected chi connectivity index (χ3v) is 6.67. The lowest BCUT2D eigenvalue weighted by Gasteiger charge is -2.08. The first kappa shape index (κ1) is 20.8. The molecule has 2 unspecified atom stereocenters. The summed E-state index contributed by atoms with van der Waals surface area (Å²) in [6.07, 6.45) is 0. The Bertz CT molecular complexity index is 1240. The molecule has 0 saturated heterocycles. The quantitative estimate of drug-likeness (QED) is 0.292. The molecule has 15 heteroatoms. The van der Waals surface area contributed by atoms with Gasteiger partial charge in [0.25, 0.3) is 10.1 Å². The molecule has 28 heavy (non-hydrogen) atoms. The highest BCUT2D eigenvalue weighted by atomic mass is 35.5. The predicted molar refractivity (Wildman–Crippen MR) is 105 cm³/mol. The molecule has 11 nitrogen and oxygen atoms in total. The van der Waals surface area contributed by atoms with Gasteiger partial charge in [-0.05, 0) is 26.0 Å². The van der Waals surface area contributed by atoms with Crippen LogP contribution in [0.15, 0.2) is 27.3 Å². The minimum Gasteiger partial charge on any atom is -0.382 e. The average molecular weight is 465 g/mol. The normalized spacial score (nSPS) is 14.8. The Kier molecular flexibility index (Phi) is 5.53. The van der Waals surface area contributed by atoms with Gasteiger partial charge in [0.1, 0.15) is 4.90 Å². The van der Waals surface area contributed by atoms with Gasteiger partial charge in [-0.25, -0.2) is 13.9 Å². The van der Waals surface area contributed by atoms with Crippen LogP contribution in [0.1, 0.15) is 18.0 Å². The zero-order chi connectivity index (χ0) is 20.8. The molecule has 3 rings (SSSR count). The summed E-state index contributed by atoms with van der Waals surface area (Å²) in [4.78, 5) is 3.75. The molecule has 0 saturated carbocycles. The highest BCUT2D eigenvalue weighted by molar-refractivity contribution is 7.86. The molecule has 0 fully saturated rings. The maximum atomic E-state index is 11.3. The lowest BCUT2D eigenvalue weighted by Crippen LogP contribution is -2.14. The molecule has 0 amide bonds. The van der Waals surface area contributed by atoms with Gasteiger partial charge in [-0.15, -0.1) is 10.2 Å². The second-order valence-electron chi connectivity index (χ2n) is 5.56. The lowest BCUT2D eigenvalue weighted by molar-refractivity contribution is 0.483. The van der Waals surface area contributed by atoms with Crippen molar-refractivity contribution in [2.75, 3.05) is 5.73 Å². The van der Waals surface area contributed by atoms with Gasteiger partial charge in [-0.3, -0.25) is 4.55 Å². The molecule has 0 spiro atoms. The van der Waals surface area contributed by atoms with Crippen LogP contribution in [0.3, 0.4) is 0 Å². The zero-order valence-corrected chi connectivity index (χ0v) is 17.5. The Balaban J connectivity index is 1.99. The molecule has 2 aromatic heterocycles. The van der Waals surface area contributed by atoms with Gasteiger partial charge in [0.15, 0.2) is 28.0 Å². The number of azo groups is 1. The van der Waals surface area contributed by atoms with E-state index >= 15 is 0 Å². The van der Waals surface area contributed by atoms with Crippen LogP contribution >= 0.6 is 22.9 Å². The van der Waals surface area contributed by atoms with E-state index in [1.165, 1.54) is 23.7 Å². The molecule has 0 aliphatic carbocycles. The Hall–Kier alpha value is -1.97. The van der Waals surface area contributed by atoms with Crippen LogP contribution in [0.25, 0.3) is 10.2 Å². The number of benzene rings is 1. The number of fused-ring (bicyclic) bond motifs is 1. The van der Waals surface area contributed by atoms with Crippen LogP contribution in [0.2, 0.25) is 5.02 Å². The molecule has 0 aliphatic rings. The summed E-state index contributed by atoms with van der Waals surface area (Å²) in [7, 11) is -4.47. The van der Waals surface area contributed by atoms with Gasteiger partial charge >= 0.3 is 0 Å². The standard InChI is InChI=1S/C13H13ClN6O5S3/c1-5-11(12(15)20(19-5)6(2)27(21)22)17-18-13-16-8-3-7(14)10(28(23,24)25)4-9(8)26-13/h3-4,6H,15H2,1-2H3,(H,21,22)(H,23,24,25). The summed E-state index contributed by atoms with van der Waals surface area (Å²) >= 11 is 4.72. The van der Waals surface area contributed by atoms with Crippen molar-refractivity contribution >= 4 is 71.0 Å². The smallest absolute Gasteiger partial charge is 0.296 e. The fourth-order valence-electron chi connectivity index (χ4n) is 2.29. The summed E-state index contributed by atoms with van der Waals surface area (Å²) < 4.78 is 53.9. The number of rotatable bonds is 5. The summed E-state index contributed by atoms with van der Waals surface area (Å²) in [5, 5.41) is 11.2. The largest absolute Gasteiger partial charge is 0.382 e. The first-order valence-corrected chi connectivity index (χ1v) is 11.2. The third-order valence-electron chi connectivity index (χ3n) is 3.67. The van der Waals surface area contributed by atoms with E-state index in [2.05, 4.69) is 20.3 Å². The summed E-state index contributed by atoms with van der Waals surface area (Å²) in [6, 6.07) is 2.49. The van der Waals surface area contributed by atoms with Crippen molar-refractivity contribution in [3.63, 3.8) is 0 Å². The molecule has 4 N–H and O–H groups in total. The van der Waals surface area contributed by atoms with Crippen molar-refractivity contribution in [3.05, 3.63) is 22.8 Å². The molecule has 150 valence electrons. The molecule has 2 heterocycles. The average Bonchev–Trinajstić information content (AvgIpc) is 3.10. The molecule has 3 aromatic rings. The molecule has 0 radical (unpaired) electrons. The Morgan fingerprint density at radius 3 is 2.68 bits per heavy atom. The Morgan fingerprint density at radius 1 is 1.39 bits per heavy atom. The van der Waals surface area contributed by atoms with Crippen LogP contribution in [0, 0.1) is 6.92 Å². The van der Waals surface area contributed by atoms with Crippen LogP contribution in [-0.2, 0) is 21.2 Å². The summed E-state index contributed by atoms with van der Waals surface area (Å²) in [5.41, 5.74) is 6.93. The first-order valence-electron chi connectivity index (χ1n) is 7.42. The number of aryl methyl sites for hydroxylation is 1. The molecule has 1 aromatic carbocycles. The second-order valence-corrected chi connectivity index (χ2v) is 9.60. The summed E-state index contributed by atoms with van der Waals surface area (Å²) in [5.74, 6) is 0.0639. The van der Waals surface area contributed by atoms with Crippen LogP contribution < -0.4 is 5.73 Å². The van der Waals surface area contributed by atoms with E-state index in [0.29, 0.717) is 15.9 Å². The number of thiazole rings is 1. The van der Waals surface area contributed by atoms with E-state index in [9.17, 15) is 21.7 Å². The van der Waals surface area contributed by atoms with Gasteiger partial charge in [0.05, 0.1) is 20.9 Å². The van der Waals surface area contributed by atoms with E-state index in [1.54, 1.807) is 6.92 Å². The van der Waals surface area contributed by atoms with Gasteiger partial charge in [-0.1, -0.05) is 22.9 Å². The maximum absolute atomic E-state index is 11.3. The van der Waals surface area contributed by atoms with Crippen molar-refractivity contribution in [1.82, 2.24) is 14.8 Å². The van der Waals surface area contributed by atoms with Crippen molar-refractivity contribution < 1.29 is 21.7 Å². The number of anilines is 1. The fourth-order valence-corrected chi connectivity index (χ4v) is 4.53. The van der Waals surface area contributed by atoms with Crippen LogP contribution in [0.4, 0.5) is 16.6 Å². The molecular formula is C13H13ClN6O5S3. The highest BCUT2D eigenvalue weighted by Gasteiger charge is 2.21. The Labute approximate surface area is 170 Å². The second kappa shape index (κ2) is 7.46. The van der Waals surface area contributed by atoms with E-state index in [1.807, 2.05) is 0 Å². The molecule has 2 atom stereocenters. The molecule has 0 bridgehead atoms. The fraction of sp³-hybridized carbons (Fsp3) is 0.231. The lowest BCUT2D eigenvalue weighted by atomic mass is 10.3. The predicted octanol–water partition coefficient (Wildman–Crippen LogP) is 3.44. The van der Waals surface area contributed by atoms with Crippen molar-refractivity contribution in [2.24, 2.45) is 10.2 Å². The number of hydrogen-bond acceptors (Lipinski definition) is 9. The van der Waals surface area contributed by atoms with E-state index in [-0.39, 0.29) is 21.7 Å². The molecular weight excluding hydrogens is 452 g/mol. The van der Waals surface area contributed by atoms with Crippen LogP contribution in [0.5, 0.6) is 0 Å². The highest BCUT2D eigenvalue weighted by Crippen LogP contribution is 2.36.